The molecule has 112 valence electrons. The molecule has 0 bridgehead atoms. The van der Waals surface area contributed by atoms with Crippen molar-refractivity contribution in [3.63, 3.8) is 0 Å². The SMILES string of the molecule is COC(=O)c1ccc([C@H]2CC(c3ccccc3)=CCO2)cc1. The van der Waals surface area contributed by atoms with Crippen LogP contribution in [0.25, 0.3) is 5.57 Å². The van der Waals surface area contributed by atoms with Crippen LogP contribution >= 0.6 is 0 Å². The quantitative estimate of drug-likeness (QED) is 0.802. The molecule has 1 atom stereocenters. The second-order valence-electron chi connectivity index (χ2n) is 5.24. The Morgan fingerprint density at radius 3 is 2.50 bits per heavy atom. The van der Waals surface area contributed by atoms with E-state index in [2.05, 4.69) is 18.2 Å². The number of benzene rings is 2. The molecule has 0 saturated carbocycles. The van der Waals surface area contributed by atoms with Gasteiger partial charge in [0.2, 0.25) is 0 Å². The topological polar surface area (TPSA) is 35.5 Å². The van der Waals surface area contributed by atoms with Gasteiger partial charge in [-0.15, -0.1) is 0 Å². The van der Waals surface area contributed by atoms with Gasteiger partial charge < -0.3 is 9.47 Å². The van der Waals surface area contributed by atoms with Crippen LogP contribution in [0, 0.1) is 0 Å². The molecule has 0 spiro atoms. The Hall–Kier alpha value is -2.39. The zero-order valence-corrected chi connectivity index (χ0v) is 12.5. The lowest BCUT2D eigenvalue weighted by atomic mass is 9.94. The van der Waals surface area contributed by atoms with E-state index in [1.54, 1.807) is 12.1 Å². The highest BCUT2D eigenvalue weighted by Crippen LogP contribution is 2.33. The monoisotopic (exact) mass is 294 g/mol. The number of carbonyl (C=O) groups excluding carboxylic acids is 1. The molecular weight excluding hydrogens is 276 g/mol. The lowest BCUT2D eigenvalue weighted by molar-refractivity contribution is 0.0599. The van der Waals surface area contributed by atoms with Crippen LogP contribution < -0.4 is 0 Å². The van der Waals surface area contributed by atoms with Crippen molar-refractivity contribution in [3.8, 4) is 0 Å². The predicted octanol–water partition coefficient (Wildman–Crippen LogP) is 4.02. The Morgan fingerprint density at radius 1 is 1.09 bits per heavy atom. The van der Waals surface area contributed by atoms with Crippen molar-refractivity contribution in [1.29, 1.82) is 0 Å². The van der Waals surface area contributed by atoms with Crippen LogP contribution in [0.2, 0.25) is 0 Å². The van der Waals surface area contributed by atoms with Crippen LogP contribution in [0.1, 0.15) is 34.0 Å². The van der Waals surface area contributed by atoms with Gasteiger partial charge in [0, 0.05) is 6.42 Å². The number of hydrogen-bond donors (Lipinski definition) is 0. The van der Waals surface area contributed by atoms with Crippen LogP contribution in [-0.2, 0) is 9.47 Å². The molecule has 2 aromatic carbocycles. The summed E-state index contributed by atoms with van der Waals surface area (Å²) in [6.45, 7) is 0.605. The molecule has 3 nitrogen and oxygen atoms in total. The molecule has 2 aromatic rings. The van der Waals surface area contributed by atoms with Crippen molar-refractivity contribution >= 4 is 11.5 Å². The first-order valence-corrected chi connectivity index (χ1v) is 7.32. The minimum Gasteiger partial charge on any atom is -0.465 e. The largest absolute Gasteiger partial charge is 0.465 e. The molecule has 0 amide bonds. The van der Waals surface area contributed by atoms with E-state index in [-0.39, 0.29) is 12.1 Å². The Balaban J connectivity index is 1.76. The third-order valence-corrected chi connectivity index (χ3v) is 3.88. The third kappa shape index (κ3) is 3.10. The van der Waals surface area contributed by atoms with E-state index < -0.39 is 0 Å². The van der Waals surface area contributed by atoms with E-state index in [1.807, 2.05) is 30.3 Å². The highest BCUT2D eigenvalue weighted by molar-refractivity contribution is 5.89. The van der Waals surface area contributed by atoms with Gasteiger partial charge in [-0.2, -0.15) is 0 Å². The van der Waals surface area contributed by atoms with Gasteiger partial charge in [0.25, 0.3) is 0 Å². The first kappa shape index (κ1) is 14.5. The second kappa shape index (κ2) is 6.58. The molecule has 1 aliphatic rings. The maximum absolute atomic E-state index is 11.5. The highest BCUT2D eigenvalue weighted by atomic mass is 16.5. The van der Waals surface area contributed by atoms with E-state index in [4.69, 9.17) is 9.47 Å². The van der Waals surface area contributed by atoms with Crippen LogP contribution in [-0.4, -0.2) is 19.7 Å². The van der Waals surface area contributed by atoms with Gasteiger partial charge in [-0.3, -0.25) is 0 Å². The number of methoxy groups -OCH3 is 1. The summed E-state index contributed by atoms with van der Waals surface area (Å²) in [7, 11) is 1.39. The summed E-state index contributed by atoms with van der Waals surface area (Å²) in [5.74, 6) is -0.319. The Morgan fingerprint density at radius 2 is 1.82 bits per heavy atom. The summed E-state index contributed by atoms with van der Waals surface area (Å²) >= 11 is 0. The molecule has 0 aromatic heterocycles. The summed E-state index contributed by atoms with van der Waals surface area (Å²) in [5.41, 5.74) is 4.17. The minimum absolute atomic E-state index is 0.0203. The maximum Gasteiger partial charge on any atom is 0.337 e. The van der Waals surface area contributed by atoms with Crippen LogP contribution in [0.15, 0.2) is 60.7 Å². The molecule has 22 heavy (non-hydrogen) atoms. The fourth-order valence-electron chi connectivity index (χ4n) is 2.66. The fourth-order valence-corrected chi connectivity index (χ4v) is 2.66. The first-order valence-electron chi connectivity index (χ1n) is 7.32. The Bertz CT molecular complexity index is 672. The van der Waals surface area contributed by atoms with E-state index in [0.717, 1.165) is 12.0 Å². The van der Waals surface area contributed by atoms with Crippen molar-refractivity contribution in [2.75, 3.05) is 13.7 Å². The van der Waals surface area contributed by atoms with Gasteiger partial charge in [0.15, 0.2) is 0 Å². The number of rotatable bonds is 3. The molecule has 0 fully saturated rings. The van der Waals surface area contributed by atoms with Crippen molar-refractivity contribution in [1.82, 2.24) is 0 Å². The summed E-state index contributed by atoms with van der Waals surface area (Å²) in [6.07, 6.45) is 2.99. The van der Waals surface area contributed by atoms with Crippen molar-refractivity contribution in [3.05, 3.63) is 77.4 Å². The fraction of sp³-hybridized carbons (Fsp3) is 0.211. The zero-order valence-electron chi connectivity index (χ0n) is 12.5. The van der Waals surface area contributed by atoms with Crippen LogP contribution in [0.5, 0.6) is 0 Å². The standard InChI is InChI=1S/C19H18O3/c1-21-19(20)16-9-7-15(8-10-16)18-13-17(11-12-22-18)14-5-3-2-4-6-14/h2-11,18H,12-13H2,1H3/t18-/m1/s1. The summed E-state index contributed by atoms with van der Waals surface area (Å²) < 4.78 is 10.6. The van der Waals surface area contributed by atoms with E-state index in [1.165, 1.54) is 18.2 Å². The van der Waals surface area contributed by atoms with E-state index >= 15 is 0 Å². The molecule has 0 N–H and O–H groups in total. The molecule has 0 saturated heterocycles. The Kier molecular flexibility index (Phi) is 4.35. The number of esters is 1. The average Bonchev–Trinajstić information content (AvgIpc) is 2.62. The van der Waals surface area contributed by atoms with Gasteiger partial charge in [0.1, 0.15) is 0 Å². The molecule has 3 heteroatoms. The lowest BCUT2D eigenvalue weighted by Gasteiger charge is -2.24. The summed E-state index contributed by atoms with van der Waals surface area (Å²) in [6, 6.07) is 17.8. The zero-order chi connectivity index (χ0) is 15.4. The minimum atomic E-state index is -0.319. The van der Waals surface area contributed by atoms with Gasteiger partial charge in [-0.1, -0.05) is 48.5 Å². The van der Waals surface area contributed by atoms with Gasteiger partial charge in [-0.25, -0.2) is 4.79 Å². The van der Waals surface area contributed by atoms with Crippen molar-refractivity contribution in [2.24, 2.45) is 0 Å². The second-order valence-corrected chi connectivity index (χ2v) is 5.24. The maximum atomic E-state index is 11.5. The smallest absolute Gasteiger partial charge is 0.337 e. The lowest BCUT2D eigenvalue weighted by Crippen LogP contribution is -2.11. The summed E-state index contributed by atoms with van der Waals surface area (Å²) in [4.78, 5) is 11.5. The van der Waals surface area contributed by atoms with E-state index in [0.29, 0.717) is 12.2 Å². The molecular formula is C19H18O3. The van der Waals surface area contributed by atoms with Gasteiger partial charge in [0.05, 0.1) is 25.4 Å². The Labute approximate surface area is 130 Å². The summed E-state index contributed by atoms with van der Waals surface area (Å²) in [5, 5.41) is 0. The molecule has 3 rings (SSSR count). The molecule has 0 radical (unpaired) electrons. The van der Waals surface area contributed by atoms with Crippen molar-refractivity contribution in [2.45, 2.75) is 12.5 Å². The van der Waals surface area contributed by atoms with Gasteiger partial charge in [-0.05, 0) is 28.8 Å². The number of hydrogen-bond acceptors (Lipinski definition) is 3. The average molecular weight is 294 g/mol. The normalized spacial score (nSPS) is 17.7. The predicted molar refractivity (Wildman–Crippen MR) is 85.5 cm³/mol. The van der Waals surface area contributed by atoms with Crippen LogP contribution in [0.4, 0.5) is 0 Å². The van der Waals surface area contributed by atoms with Crippen molar-refractivity contribution < 1.29 is 14.3 Å². The van der Waals surface area contributed by atoms with Crippen LogP contribution in [0.3, 0.4) is 0 Å². The van der Waals surface area contributed by atoms with E-state index in [9.17, 15) is 4.79 Å². The van der Waals surface area contributed by atoms with Gasteiger partial charge >= 0.3 is 5.97 Å². The molecule has 1 heterocycles. The highest BCUT2D eigenvalue weighted by Gasteiger charge is 2.19. The molecule has 1 aliphatic heterocycles. The molecule has 0 aliphatic carbocycles. The number of carbonyl (C=O) groups is 1. The third-order valence-electron chi connectivity index (χ3n) is 3.88. The molecule has 0 unspecified atom stereocenters. The first-order chi connectivity index (χ1) is 10.8. The number of ether oxygens (including phenoxy) is 2.